The van der Waals surface area contributed by atoms with Crippen LogP contribution in [-0.4, -0.2) is 26.3 Å². The van der Waals surface area contributed by atoms with E-state index in [1.807, 2.05) is 0 Å². The van der Waals surface area contributed by atoms with E-state index in [-0.39, 0.29) is 11.6 Å². The number of carboxylic acids is 1. The maximum absolute atomic E-state index is 11.7. The Morgan fingerprint density at radius 1 is 1.62 bits per heavy atom. The summed E-state index contributed by atoms with van der Waals surface area (Å²) in [5, 5.41) is 11.9. The van der Waals surface area contributed by atoms with E-state index < -0.39 is 10.7 Å². The average Bonchev–Trinajstić information content (AvgIpc) is 2.87. The van der Waals surface area contributed by atoms with Gasteiger partial charge in [-0.1, -0.05) is 0 Å². The van der Waals surface area contributed by atoms with E-state index in [0.29, 0.717) is 10.6 Å². The number of carbonyl (C=O) groups is 2. The van der Waals surface area contributed by atoms with Crippen molar-refractivity contribution in [2.75, 3.05) is 5.32 Å². The molecule has 1 amide bonds. The average molecular weight is 238 g/mol. The molecule has 84 valence electrons. The number of anilines is 1. The van der Waals surface area contributed by atoms with Gasteiger partial charge < -0.3 is 15.0 Å². The first kappa shape index (κ1) is 9.77. The number of thioether (sulfide) groups is 1. The summed E-state index contributed by atoms with van der Waals surface area (Å²) in [4.78, 5) is 23.6. The summed E-state index contributed by atoms with van der Waals surface area (Å²) in [5.74, 6) is -0.948. The minimum atomic E-state index is -0.955. The van der Waals surface area contributed by atoms with Crippen molar-refractivity contribution in [3.8, 4) is 0 Å². The summed E-state index contributed by atoms with van der Waals surface area (Å²) in [7, 11) is 1.67. The number of nitrogens with zero attached hydrogens (tertiary/aromatic N) is 1. The molecule has 0 atom stereocenters. The molecule has 0 unspecified atom stereocenters. The smallest absolute Gasteiger partial charge is 0.353 e. The van der Waals surface area contributed by atoms with E-state index in [0.717, 1.165) is 12.8 Å². The lowest BCUT2D eigenvalue weighted by Gasteiger charge is -2.21. The minimum Gasteiger partial charge on any atom is -0.477 e. The summed E-state index contributed by atoms with van der Waals surface area (Å²) in [6, 6.07) is 0. The highest BCUT2D eigenvalue weighted by molar-refractivity contribution is 8.02. The Bertz CT molecular complexity index is 516. The fraction of sp³-hybridized carbons (Fsp3) is 0.400. The van der Waals surface area contributed by atoms with Crippen LogP contribution in [0.15, 0.2) is 11.1 Å². The van der Waals surface area contributed by atoms with Crippen LogP contribution in [0.2, 0.25) is 0 Å². The zero-order chi connectivity index (χ0) is 11.5. The number of aromatic carboxylic acids is 1. The van der Waals surface area contributed by atoms with Gasteiger partial charge in [0, 0.05) is 13.2 Å². The number of hydrogen-bond donors (Lipinski definition) is 2. The third-order valence-corrected chi connectivity index (χ3v) is 4.60. The monoisotopic (exact) mass is 238 g/mol. The Kier molecular flexibility index (Phi) is 1.72. The van der Waals surface area contributed by atoms with Crippen LogP contribution >= 0.6 is 11.8 Å². The van der Waals surface area contributed by atoms with Gasteiger partial charge in [0.25, 0.3) is 0 Å². The second-order valence-corrected chi connectivity index (χ2v) is 5.58. The first-order valence-electron chi connectivity index (χ1n) is 4.96. The minimum absolute atomic E-state index is 0.00698. The lowest BCUT2D eigenvalue weighted by Crippen LogP contribution is -2.30. The predicted octanol–water partition coefficient (Wildman–Crippen LogP) is 1.30. The SMILES string of the molecule is Cn1cc2c(c1C(=O)O)SC1(CC1)C(=O)N2. The van der Waals surface area contributed by atoms with Crippen molar-refractivity contribution in [3.63, 3.8) is 0 Å². The number of carbonyl (C=O) groups excluding carboxylic acids is 1. The van der Waals surface area contributed by atoms with Gasteiger partial charge in [0.15, 0.2) is 0 Å². The summed E-state index contributed by atoms with van der Waals surface area (Å²) in [6.45, 7) is 0. The molecule has 0 saturated heterocycles. The normalized spacial score (nSPS) is 20.4. The number of rotatable bonds is 1. The van der Waals surface area contributed by atoms with Gasteiger partial charge in [0.05, 0.1) is 15.3 Å². The van der Waals surface area contributed by atoms with E-state index >= 15 is 0 Å². The first-order valence-corrected chi connectivity index (χ1v) is 5.78. The second-order valence-electron chi connectivity index (χ2n) is 4.19. The molecular weight excluding hydrogens is 228 g/mol. The van der Waals surface area contributed by atoms with E-state index in [9.17, 15) is 9.59 Å². The molecule has 6 heteroatoms. The van der Waals surface area contributed by atoms with Crippen LogP contribution in [0.1, 0.15) is 23.3 Å². The molecule has 2 heterocycles. The van der Waals surface area contributed by atoms with Gasteiger partial charge in [0.1, 0.15) is 5.69 Å². The maximum Gasteiger partial charge on any atom is 0.353 e. The van der Waals surface area contributed by atoms with Gasteiger partial charge in [-0.3, -0.25) is 4.79 Å². The summed E-state index contributed by atoms with van der Waals surface area (Å²) < 4.78 is 1.15. The van der Waals surface area contributed by atoms with E-state index in [1.165, 1.54) is 11.8 Å². The Morgan fingerprint density at radius 2 is 2.31 bits per heavy atom. The summed E-state index contributed by atoms with van der Waals surface area (Å²) >= 11 is 1.40. The van der Waals surface area contributed by atoms with Gasteiger partial charge in [-0.2, -0.15) is 0 Å². The van der Waals surface area contributed by atoms with E-state index in [1.54, 1.807) is 17.8 Å². The molecule has 1 aliphatic carbocycles. The lowest BCUT2D eigenvalue weighted by atomic mass is 10.3. The Hall–Kier alpha value is -1.43. The Balaban J connectivity index is 2.13. The molecule has 1 fully saturated rings. The fourth-order valence-electron chi connectivity index (χ4n) is 1.97. The number of hydrogen-bond acceptors (Lipinski definition) is 3. The van der Waals surface area contributed by atoms with Crippen molar-refractivity contribution in [1.82, 2.24) is 4.57 Å². The van der Waals surface area contributed by atoms with Crippen molar-refractivity contribution in [1.29, 1.82) is 0 Å². The van der Waals surface area contributed by atoms with Crippen LogP contribution in [0.25, 0.3) is 0 Å². The standard InChI is InChI=1S/C10H10N2O3S/c1-12-4-5-7(6(12)8(13)14)16-10(2-3-10)9(15)11-5/h4H,2-3H2,1H3,(H,11,15)(H,13,14). The zero-order valence-electron chi connectivity index (χ0n) is 8.61. The predicted molar refractivity (Wildman–Crippen MR) is 58.8 cm³/mol. The van der Waals surface area contributed by atoms with Crippen molar-refractivity contribution >= 4 is 29.3 Å². The van der Waals surface area contributed by atoms with Crippen molar-refractivity contribution < 1.29 is 14.7 Å². The number of aryl methyl sites for hydroxylation is 1. The van der Waals surface area contributed by atoms with Crippen LogP contribution in [0, 0.1) is 0 Å². The quantitative estimate of drug-likeness (QED) is 0.773. The number of amides is 1. The van der Waals surface area contributed by atoms with Crippen LogP contribution in [-0.2, 0) is 11.8 Å². The van der Waals surface area contributed by atoms with E-state index in [2.05, 4.69) is 5.32 Å². The van der Waals surface area contributed by atoms with Crippen molar-refractivity contribution in [3.05, 3.63) is 11.9 Å². The Labute approximate surface area is 95.8 Å². The largest absolute Gasteiger partial charge is 0.477 e. The second kappa shape index (κ2) is 2.82. The topological polar surface area (TPSA) is 71.3 Å². The summed E-state index contributed by atoms with van der Waals surface area (Å²) in [6.07, 6.45) is 3.31. The van der Waals surface area contributed by atoms with Crippen LogP contribution in [0.5, 0.6) is 0 Å². The van der Waals surface area contributed by atoms with Crippen LogP contribution < -0.4 is 5.32 Å². The third-order valence-electron chi connectivity index (χ3n) is 3.00. The molecule has 0 aromatic carbocycles. The van der Waals surface area contributed by atoms with Crippen molar-refractivity contribution in [2.24, 2.45) is 7.05 Å². The molecule has 1 aromatic rings. The van der Waals surface area contributed by atoms with Gasteiger partial charge in [-0.25, -0.2) is 4.79 Å². The highest BCUT2D eigenvalue weighted by Gasteiger charge is 2.54. The summed E-state index contributed by atoms with van der Waals surface area (Å²) in [5.41, 5.74) is 0.874. The third kappa shape index (κ3) is 1.13. The first-order chi connectivity index (χ1) is 7.53. The van der Waals surface area contributed by atoms with Crippen LogP contribution in [0.3, 0.4) is 0 Å². The number of carboxylic acid groups (broad SMARTS) is 1. The van der Waals surface area contributed by atoms with E-state index in [4.69, 9.17) is 5.11 Å². The molecule has 2 N–H and O–H groups in total. The number of aromatic nitrogens is 1. The zero-order valence-corrected chi connectivity index (χ0v) is 9.43. The number of fused-ring (bicyclic) bond motifs is 1. The van der Waals surface area contributed by atoms with Crippen LogP contribution in [0.4, 0.5) is 5.69 Å². The lowest BCUT2D eigenvalue weighted by molar-refractivity contribution is -0.116. The maximum atomic E-state index is 11.7. The molecular formula is C10H10N2O3S. The molecule has 5 nitrogen and oxygen atoms in total. The Morgan fingerprint density at radius 3 is 2.88 bits per heavy atom. The molecule has 0 bridgehead atoms. The number of nitrogens with one attached hydrogen (secondary N) is 1. The van der Waals surface area contributed by atoms with Gasteiger partial charge in [-0.15, -0.1) is 11.8 Å². The van der Waals surface area contributed by atoms with Gasteiger partial charge in [-0.05, 0) is 12.8 Å². The van der Waals surface area contributed by atoms with Gasteiger partial charge >= 0.3 is 5.97 Å². The fourth-order valence-corrected chi connectivity index (χ4v) is 3.35. The highest BCUT2D eigenvalue weighted by atomic mass is 32.2. The molecule has 1 spiro atoms. The molecule has 3 rings (SSSR count). The molecule has 1 saturated carbocycles. The molecule has 1 aliphatic heterocycles. The molecule has 0 radical (unpaired) electrons. The van der Waals surface area contributed by atoms with Gasteiger partial charge in [0.2, 0.25) is 5.91 Å². The molecule has 1 aromatic heterocycles. The van der Waals surface area contributed by atoms with Crippen molar-refractivity contribution in [2.45, 2.75) is 22.5 Å². The molecule has 16 heavy (non-hydrogen) atoms. The molecule has 2 aliphatic rings. The highest BCUT2D eigenvalue weighted by Crippen LogP contribution is 2.57.